The molecule has 0 atom stereocenters. The molecule has 0 amide bonds. The van der Waals surface area contributed by atoms with Crippen molar-refractivity contribution >= 4 is 0 Å². The zero-order valence-electron chi connectivity index (χ0n) is 8.83. The molecule has 0 saturated heterocycles. The van der Waals surface area contributed by atoms with E-state index >= 15 is 0 Å². The van der Waals surface area contributed by atoms with Gasteiger partial charge in [0.15, 0.2) is 0 Å². The highest BCUT2D eigenvalue weighted by molar-refractivity contribution is 5.30. The Bertz CT molecular complexity index is 348. The van der Waals surface area contributed by atoms with Crippen molar-refractivity contribution in [3.63, 3.8) is 0 Å². The van der Waals surface area contributed by atoms with E-state index < -0.39 is 0 Å². The summed E-state index contributed by atoms with van der Waals surface area (Å²) in [4.78, 5) is 0. The Balaban J connectivity index is 2.74. The zero-order chi connectivity index (χ0) is 10.4. The maximum Gasteiger partial charge on any atom is -0.00624 e. The molecule has 2 N–H and O–H groups in total. The quantitative estimate of drug-likeness (QED) is 0.723. The van der Waals surface area contributed by atoms with E-state index in [9.17, 15) is 0 Å². The van der Waals surface area contributed by atoms with Crippen molar-refractivity contribution in [2.75, 3.05) is 0 Å². The number of nitrogens with two attached hydrogens (primary N) is 1. The molecule has 0 aliphatic carbocycles. The first-order valence-electron chi connectivity index (χ1n) is 4.82. The highest BCUT2D eigenvalue weighted by atomic mass is 14.5. The minimum atomic E-state index is 0.997. The molecule has 1 rings (SSSR count). The van der Waals surface area contributed by atoms with E-state index in [0.29, 0.717) is 0 Å². The molecule has 0 saturated carbocycles. The molecule has 0 radical (unpaired) electrons. The maximum atomic E-state index is 5.27. The summed E-state index contributed by atoms with van der Waals surface area (Å²) in [5, 5.41) is 0. The van der Waals surface area contributed by atoms with Crippen LogP contribution in [0.4, 0.5) is 0 Å². The molecule has 0 bridgehead atoms. The van der Waals surface area contributed by atoms with Gasteiger partial charge in [-0.15, -0.1) is 0 Å². The highest BCUT2D eigenvalue weighted by Gasteiger charge is 1.96. The van der Waals surface area contributed by atoms with Crippen LogP contribution in [0.1, 0.15) is 18.1 Å². The Labute approximate surface area is 85.9 Å². The predicted octanol–water partition coefficient (Wildman–Crippen LogP) is 2.96. The van der Waals surface area contributed by atoms with E-state index in [4.69, 9.17) is 5.73 Å². The van der Waals surface area contributed by atoms with Crippen LogP contribution < -0.4 is 5.73 Å². The van der Waals surface area contributed by atoms with Crippen molar-refractivity contribution in [2.24, 2.45) is 5.73 Å². The number of allylic oxidation sites excluding steroid dienone is 3. The summed E-state index contributed by atoms with van der Waals surface area (Å²) >= 11 is 0. The fraction of sp³-hybridized carbons (Fsp3) is 0.231. The van der Waals surface area contributed by atoms with Crippen molar-refractivity contribution in [2.45, 2.75) is 20.3 Å². The summed E-state index contributed by atoms with van der Waals surface area (Å²) in [5.74, 6) is 0. The smallest absolute Gasteiger partial charge is 0.00624 e. The average Bonchev–Trinajstić information content (AvgIpc) is 2.18. The van der Waals surface area contributed by atoms with Crippen LogP contribution in [0.5, 0.6) is 0 Å². The largest absolute Gasteiger partial charge is 0.405 e. The summed E-state index contributed by atoms with van der Waals surface area (Å²) in [6.45, 7) is 4.26. The van der Waals surface area contributed by atoms with Crippen LogP contribution in [-0.4, -0.2) is 0 Å². The van der Waals surface area contributed by atoms with Crippen molar-refractivity contribution in [3.8, 4) is 0 Å². The number of hydrogen-bond acceptors (Lipinski definition) is 1. The van der Waals surface area contributed by atoms with Gasteiger partial charge in [0.25, 0.3) is 0 Å². The van der Waals surface area contributed by atoms with E-state index in [2.05, 4.69) is 38.1 Å². The van der Waals surface area contributed by atoms with Crippen LogP contribution in [0.2, 0.25) is 0 Å². The molecule has 0 aliphatic rings. The topological polar surface area (TPSA) is 26.0 Å². The zero-order valence-corrected chi connectivity index (χ0v) is 8.83. The number of benzene rings is 1. The number of hydrogen-bond donors (Lipinski definition) is 1. The Morgan fingerprint density at radius 1 is 1.36 bits per heavy atom. The summed E-state index contributed by atoms with van der Waals surface area (Å²) in [5.41, 5.74) is 9.32. The van der Waals surface area contributed by atoms with Crippen LogP contribution >= 0.6 is 0 Å². The van der Waals surface area contributed by atoms with Crippen LogP contribution in [0, 0.1) is 6.92 Å². The van der Waals surface area contributed by atoms with E-state index in [-0.39, 0.29) is 0 Å². The second kappa shape index (κ2) is 5.28. The van der Waals surface area contributed by atoms with Gasteiger partial charge in [-0.3, -0.25) is 0 Å². The van der Waals surface area contributed by atoms with E-state index in [1.807, 2.05) is 12.2 Å². The van der Waals surface area contributed by atoms with Gasteiger partial charge in [0.2, 0.25) is 0 Å². The fourth-order valence-electron chi connectivity index (χ4n) is 1.39. The minimum absolute atomic E-state index is 0.997. The SMILES string of the molecule is C/C(=C\C=C/N)Cc1ccccc1C. The molecule has 0 aliphatic heterocycles. The summed E-state index contributed by atoms with van der Waals surface area (Å²) in [7, 11) is 0. The van der Waals surface area contributed by atoms with Crippen molar-refractivity contribution in [1.82, 2.24) is 0 Å². The standard InChI is InChI=1S/C13H17N/c1-11(6-5-9-14)10-13-8-4-3-7-12(13)2/h3-9H,10,14H2,1-2H3/b9-5-,11-6+. The monoisotopic (exact) mass is 187 g/mol. The van der Waals surface area contributed by atoms with Gasteiger partial charge in [-0.05, 0) is 43.7 Å². The molecule has 1 aromatic carbocycles. The Hall–Kier alpha value is -1.50. The van der Waals surface area contributed by atoms with Gasteiger partial charge in [-0.25, -0.2) is 0 Å². The second-order valence-corrected chi connectivity index (χ2v) is 3.50. The molecule has 0 spiro atoms. The molecule has 0 unspecified atom stereocenters. The third-order valence-corrected chi connectivity index (χ3v) is 2.22. The highest BCUT2D eigenvalue weighted by Crippen LogP contribution is 2.12. The van der Waals surface area contributed by atoms with Crippen molar-refractivity contribution in [3.05, 3.63) is 59.3 Å². The molecule has 1 nitrogen and oxygen atoms in total. The molecular formula is C13H17N. The molecule has 74 valence electrons. The first-order chi connectivity index (χ1) is 6.74. The normalized spacial score (nSPS) is 12.3. The average molecular weight is 187 g/mol. The van der Waals surface area contributed by atoms with E-state index in [1.165, 1.54) is 16.7 Å². The summed E-state index contributed by atoms with van der Waals surface area (Å²) < 4.78 is 0. The lowest BCUT2D eigenvalue weighted by atomic mass is 10.0. The number of aryl methyl sites for hydroxylation is 1. The van der Waals surface area contributed by atoms with Gasteiger partial charge in [0.05, 0.1) is 0 Å². The van der Waals surface area contributed by atoms with Gasteiger partial charge in [-0.2, -0.15) is 0 Å². The predicted molar refractivity (Wildman–Crippen MR) is 62.0 cm³/mol. The first kappa shape index (κ1) is 10.6. The van der Waals surface area contributed by atoms with Crippen LogP contribution in [0.25, 0.3) is 0 Å². The molecule has 0 aromatic heterocycles. The lowest BCUT2D eigenvalue weighted by molar-refractivity contribution is 1.12. The molecule has 1 heteroatoms. The third kappa shape index (κ3) is 3.09. The number of rotatable bonds is 3. The lowest BCUT2D eigenvalue weighted by Gasteiger charge is -2.04. The van der Waals surface area contributed by atoms with E-state index in [0.717, 1.165) is 6.42 Å². The summed E-state index contributed by atoms with van der Waals surface area (Å²) in [6.07, 6.45) is 6.47. The second-order valence-electron chi connectivity index (χ2n) is 3.50. The molecule has 0 fully saturated rings. The molecule has 14 heavy (non-hydrogen) atoms. The van der Waals surface area contributed by atoms with Gasteiger partial charge in [-0.1, -0.05) is 35.9 Å². The summed E-state index contributed by atoms with van der Waals surface area (Å²) in [6, 6.07) is 8.45. The van der Waals surface area contributed by atoms with Gasteiger partial charge >= 0.3 is 0 Å². The Morgan fingerprint density at radius 2 is 2.07 bits per heavy atom. The molecule has 1 aromatic rings. The van der Waals surface area contributed by atoms with Crippen molar-refractivity contribution < 1.29 is 0 Å². The molecule has 0 heterocycles. The minimum Gasteiger partial charge on any atom is -0.405 e. The maximum absolute atomic E-state index is 5.27. The van der Waals surface area contributed by atoms with Gasteiger partial charge < -0.3 is 5.73 Å². The van der Waals surface area contributed by atoms with Crippen molar-refractivity contribution in [1.29, 1.82) is 0 Å². The first-order valence-corrected chi connectivity index (χ1v) is 4.82. The van der Waals surface area contributed by atoms with E-state index in [1.54, 1.807) is 6.20 Å². The molecular weight excluding hydrogens is 170 g/mol. The van der Waals surface area contributed by atoms with Crippen LogP contribution in [-0.2, 0) is 6.42 Å². The van der Waals surface area contributed by atoms with Crippen LogP contribution in [0.15, 0.2) is 48.2 Å². The Kier molecular flexibility index (Phi) is 3.99. The lowest BCUT2D eigenvalue weighted by Crippen LogP contribution is -1.90. The van der Waals surface area contributed by atoms with Gasteiger partial charge in [0.1, 0.15) is 0 Å². The fourth-order valence-corrected chi connectivity index (χ4v) is 1.39. The van der Waals surface area contributed by atoms with Crippen LogP contribution in [0.3, 0.4) is 0 Å². The van der Waals surface area contributed by atoms with Gasteiger partial charge in [0, 0.05) is 0 Å². The third-order valence-electron chi connectivity index (χ3n) is 2.22. The Morgan fingerprint density at radius 3 is 2.71 bits per heavy atom.